The van der Waals surface area contributed by atoms with Gasteiger partial charge in [0.1, 0.15) is 0 Å². The number of halogens is 1. The van der Waals surface area contributed by atoms with Gasteiger partial charge in [0, 0.05) is 13.1 Å². The lowest BCUT2D eigenvalue weighted by atomic mass is 10.6. The van der Waals surface area contributed by atoms with E-state index in [0.717, 1.165) is 0 Å². The molecule has 4 heteroatoms. The Balaban J connectivity index is 2.99. The molecule has 0 spiro atoms. The van der Waals surface area contributed by atoms with Gasteiger partial charge in [-0.2, -0.15) is 0 Å². The molecule has 8 heavy (non-hydrogen) atoms. The molecule has 3 nitrogen and oxygen atoms in total. The molecule has 0 aromatic rings. The van der Waals surface area contributed by atoms with E-state index in [1.165, 1.54) is 0 Å². The summed E-state index contributed by atoms with van der Waals surface area (Å²) in [6.07, 6.45) is 0. The average molecular weight is 180 g/mol. The smallest absolute Gasteiger partial charge is 0.230 e. The van der Waals surface area contributed by atoms with Gasteiger partial charge in [-0.25, -0.2) is 0 Å². The number of carbonyl (C=O) groups excluding carboxylic acids is 1. The molecule has 47 valence electrons. The Morgan fingerprint density at radius 1 is 1.75 bits per heavy atom. The van der Waals surface area contributed by atoms with Crippen LogP contribution < -0.4 is 11.1 Å². The summed E-state index contributed by atoms with van der Waals surface area (Å²) < 4.78 is 0. The zero-order valence-corrected chi connectivity index (χ0v) is 5.99. The number of hydrogen-bond donors (Lipinski definition) is 1. The van der Waals surface area contributed by atoms with Crippen LogP contribution in [0.15, 0.2) is 0 Å². The van der Waals surface area contributed by atoms with Gasteiger partial charge in [-0.05, 0) is 0 Å². The van der Waals surface area contributed by atoms with Crippen LogP contribution in [0.4, 0.5) is 0 Å². The third kappa shape index (κ3) is 4.08. The molecule has 0 bridgehead atoms. The highest BCUT2D eigenvalue weighted by atomic mass is 79.9. The minimum absolute atomic E-state index is 0.0581. The van der Waals surface area contributed by atoms with Crippen LogP contribution in [0.2, 0.25) is 0 Å². The number of alkyl halides is 1. The van der Waals surface area contributed by atoms with Gasteiger partial charge in [0.05, 0.1) is 5.33 Å². The molecule has 1 amide bonds. The summed E-state index contributed by atoms with van der Waals surface area (Å²) in [6, 6.07) is 0. The van der Waals surface area contributed by atoms with E-state index >= 15 is 0 Å². The molecule has 0 aliphatic rings. The van der Waals surface area contributed by atoms with Crippen molar-refractivity contribution in [1.82, 2.24) is 11.1 Å². The van der Waals surface area contributed by atoms with E-state index in [4.69, 9.17) is 5.73 Å². The summed E-state index contributed by atoms with van der Waals surface area (Å²) >= 11 is 2.97. The first-order chi connectivity index (χ1) is 3.81. The van der Waals surface area contributed by atoms with Gasteiger partial charge in [-0.1, -0.05) is 15.9 Å². The van der Waals surface area contributed by atoms with Crippen LogP contribution in [-0.2, 0) is 4.79 Å². The van der Waals surface area contributed by atoms with Gasteiger partial charge < -0.3 is 5.32 Å². The second kappa shape index (κ2) is 5.05. The average Bonchev–Trinajstić information content (AvgIpc) is 1.83. The van der Waals surface area contributed by atoms with Crippen molar-refractivity contribution in [2.45, 2.75) is 0 Å². The van der Waals surface area contributed by atoms with Crippen LogP contribution in [0.1, 0.15) is 0 Å². The lowest BCUT2D eigenvalue weighted by Crippen LogP contribution is -2.27. The first kappa shape index (κ1) is 7.91. The fourth-order valence-electron chi connectivity index (χ4n) is 0.249. The van der Waals surface area contributed by atoms with Crippen molar-refractivity contribution >= 4 is 21.8 Å². The summed E-state index contributed by atoms with van der Waals surface area (Å²) in [7, 11) is 0. The quantitative estimate of drug-likeness (QED) is 0.599. The van der Waals surface area contributed by atoms with Gasteiger partial charge in [0.2, 0.25) is 5.91 Å². The van der Waals surface area contributed by atoms with Gasteiger partial charge in [-0.15, -0.1) is 0 Å². The van der Waals surface area contributed by atoms with Gasteiger partial charge in [0.15, 0.2) is 0 Å². The van der Waals surface area contributed by atoms with Crippen LogP contribution >= 0.6 is 15.9 Å². The van der Waals surface area contributed by atoms with E-state index in [-0.39, 0.29) is 12.5 Å². The molecular weight excluding hydrogens is 172 g/mol. The molecule has 0 aromatic heterocycles. The third-order valence-electron chi connectivity index (χ3n) is 0.569. The monoisotopic (exact) mass is 179 g/mol. The fraction of sp³-hybridized carbons (Fsp3) is 0.750. The molecular formula is C4H8BrN2O. The van der Waals surface area contributed by atoms with Crippen LogP contribution in [0, 0.1) is 0 Å². The number of nitrogens with one attached hydrogen (secondary N) is 2. The summed E-state index contributed by atoms with van der Waals surface area (Å²) in [6.45, 7) is 0.698. The summed E-state index contributed by atoms with van der Waals surface area (Å²) in [5.41, 5.74) is 6.64. The number of amides is 1. The Labute approximate surface area is 56.8 Å². The van der Waals surface area contributed by atoms with E-state index in [9.17, 15) is 4.79 Å². The van der Waals surface area contributed by atoms with E-state index in [1.54, 1.807) is 0 Å². The standard InChI is InChI=1S/C4H8BrN2O/c5-3-4(8)7-2-1-6/h6H,1-3H2,(H,7,8). The number of carbonyl (C=O) groups is 1. The van der Waals surface area contributed by atoms with Gasteiger partial charge >= 0.3 is 0 Å². The third-order valence-corrected chi connectivity index (χ3v) is 1.08. The molecule has 1 radical (unpaired) electrons. The van der Waals surface area contributed by atoms with Crippen LogP contribution in [0.3, 0.4) is 0 Å². The molecule has 0 heterocycles. The Bertz CT molecular complexity index is 76.4. The predicted molar refractivity (Wildman–Crippen MR) is 34.8 cm³/mol. The number of rotatable bonds is 3. The fourth-order valence-corrected chi connectivity index (χ4v) is 0.447. The van der Waals surface area contributed by atoms with Crippen molar-refractivity contribution < 1.29 is 4.79 Å². The largest absolute Gasteiger partial charge is 0.354 e. The maximum Gasteiger partial charge on any atom is 0.230 e. The highest BCUT2D eigenvalue weighted by Gasteiger charge is 1.92. The summed E-state index contributed by atoms with van der Waals surface area (Å²) in [5, 5.41) is 2.84. The summed E-state index contributed by atoms with van der Waals surface area (Å²) in [4.78, 5) is 10.3. The normalized spacial score (nSPS) is 8.75. The molecule has 0 fully saturated rings. The zero-order valence-electron chi connectivity index (χ0n) is 4.41. The van der Waals surface area contributed by atoms with Crippen LogP contribution in [0.25, 0.3) is 0 Å². The first-order valence-corrected chi connectivity index (χ1v) is 3.40. The maximum absolute atomic E-state index is 10.3. The molecule has 0 unspecified atom stereocenters. The lowest BCUT2D eigenvalue weighted by molar-refractivity contribution is -0.118. The topological polar surface area (TPSA) is 52.9 Å². The van der Waals surface area contributed by atoms with Gasteiger partial charge in [0.25, 0.3) is 0 Å². The zero-order chi connectivity index (χ0) is 6.41. The Morgan fingerprint density at radius 3 is 2.75 bits per heavy atom. The minimum Gasteiger partial charge on any atom is -0.354 e. The highest BCUT2D eigenvalue weighted by Crippen LogP contribution is 1.75. The van der Waals surface area contributed by atoms with E-state index in [1.807, 2.05) is 0 Å². The van der Waals surface area contributed by atoms with Crippen molar-refractivity contribution in [3.05, 3.63) is 0 Å². The molecule has 0 atom stereocenters. The summed E-state index contributed by atoms with van der Waals surface area (Å²) in [5.74, 6) is -0.0581. The Morgan fingerprint density at radius 2 is 2.38 bits per heavy atom. The molecule has 0 saturated heterocycles. The van der Waals surface area contributed by atoms with E-state index in [2.05, 4.69) is 21.2 Å². The SMILES string of the molecule is [NH]CCNC(=O)CBr. The highest BCUT2D eigenvalue weighted by molar-refractivity contribution is 9.09. The van der Waals surface area contributed by atoms with Crippen LogP contribution in [-0.4, -0.2) is 24.3 Å². The molecule has 0 saturated carbocycles. The molecule has 2 N–H and O–H groups in total. The van der Waals surface area contributed by atoms with Crippen molar-refractivity contribution in [2.24, 2.45) is 0 Å². The second-order valence-electron chi connectivity index (χ2n) is 1.23. The molecule has 0 rings (SSSR count). The van der Waals surface area contributed by atoms with E-state index < -0.39 is 0 Å². The van der Waals surface area contributed by atoms with E-state index in [0.29, 0.717) is 11.9 Å². The number of hydrogen-bond acceptors (Lipinski definition) is 1. The Kier molecular flexibility index (Phi) is 5.00. The van der Waals surface area contributed by atoms with Crippen molar-refractivity contribution in [1.29, 1.82) is 0 Å². The predicted octanol–water partition coefficient (Wildman–Crippen LogP) is -0.220. The lowest BCUT2D eigenvalue weighted by Gasteiger charge is -1.96. The van der Waals surface area contributed by atoms with Crippen molar-refractivity contribution in [3.63, 3.8) is 0 Å². The second-order valence-corrected chi connectivity index (χ2v) is 1.79. The van der Waals surface area contributed by atoms with Crippen molar-refractivity contribution in [2.75, 3.05) is 18.4 Å². The maximum atomic E-state index is 10.3. The first-order valence-electron chi connectivity index (χ1n) is 2.28. The van der Waals surface area contributed by atoms with Crippen LogP contribution in [0.5, 0.6) is 0 Å². The minimum atomic E-state index is -0.0581. The molecule has 0 aliphatic heterocycles. The molecule has 0 aromatic carbocycles. The molecule has 0 aliphatic carbocycles. The Hall–Kier alpha value is -0.0900. The van der Waals surface area contributed by atoms with Crippen molar-refractivity contribution in [3.8, 4) is 0 Å². The van der Waals surface area contributed by atoms with Gasteiger partial charge in [-0.3, -0.25) is 10.5 Å².